The Hall–Kier alpha value is -2.38. The van der Waals surface area contributed by atoms with Gasteiger partial charge in [-0.25, -0.2) is 4.98 Å². The second-order valence-electron chi connectivity index (χ2n) is 8.58. The fourth-order valence-corrected chi connectivity index (χ4v) is 4.91. The molecule has 0 spiro atoms. The number of rotatable bonds is 7. The van der Waals surface area contributed by atoms with Crippen molar-refractivity contribution in [1.82, 2.24) is 15.6 Å². The molecule has 7 nitrogen and oxygen atoms in total. The first kappa shape index (κ1) is 21.8. The van der Waals surface area contributed by atoms with Crippen LogP contribution in [0.3, 0.4) is 0 Å². The van der Waals surface area contributed by atoms with Crippen LogP contribution < -0.4 is 15.5 Å². The summed E-state index contributed by atoms with van der Waals surface area (Å²) in [6.45, 7) is 2.16. The maximum Gasteiger partial charge on any atom is 0.317 e. The molecule has 1 aromatic carbocycles. The molecule has 2 fully saturated rings. The number of pyridine rings is 1. The Morgan fingerprint density at radius 1 is 1.13 bits per heavy atom. The average molecular weight is 445 g/mol. The zero-order valence-electron chi connectivity index (χ0n) is 17.6. The smallest absolute Gasteiger partial charge is 0.317 e. The van der Waals surface area contributed by atoms with Gasteiger partial charge in [-0.3, -0.25) is 9.59 Å². The van der Waals surface area contributed by atoms with Crippen LogP contribution in [0.25, 0.3) is 10.9 Å². The second kappa shape index (κ2) is 9.83. The number of halogens is 1. The molecule has 1 aliphatic heterocycles. The van der Waals surface area contributed by atoms with Gasteiger partial charge in [-0.05, 0) is 49.4 Å². The Bertz CT molecular complexity index is 961. The van der Waals surface area contributed by atoms with Crippen molar-refractivity contribution in [2.24, 2.45) is 5.92 Å². The number of carbonyl (C=O) groups is 2. The molecule has 2 aromatic rings. The van der Waals surface area contributed by atoms with Gasteiger partial charge in [0.15, 0.2) is 0 Å². The largest absolute Gasteiger partial charge is 0.480 e. The molecular formula is C23H29ClN4O3. The molecule has 1 atom stereocenters. The highest BCUT2D eigenvalue weighted by Gasteiger charge is 2.24. The molecule has 1 saturated heterocycles. The third-order valence-corrected chi connectivity index (χ3v) is 6.68. The minimum absolute atomic E-state index is 0.0402. The minimum Gasteiger partial charge on any atom is -0.480 e. The molecule has 0 radical (unpaired) electrons. The van der Waals surface area contributed by atoms with E-state index in [-0.39, 0.29) is 18.5 Å². The van der Waals surface area contributed by atoms with Crippen molar-refractivity contribution in [1.29, 1.82) is 0 Å². The lowest BCUT2D eigenvalue weighted by Crippen LogP contribution is -2.36. The number of benzene rings is 1. The lowest BCUT2D eigenvalue weighted by molar-refractivity contribution is -0.136. The van der Waals surface area contributed by atoms with E-state index < -0.39 is 5.97 Å². The van der Waals surface area contributed by atoms with Crippen LogP contribution in [-0.2, 0) is 4.79 Å². The number of fused-ring (bicyclic) bond motifs is 1. The van der Waals surface area contributed by atoms with Gasteiger partial charge in [-0.15, -0.1) is 0 Å². The van der Waals surface area contributed by atoms with Crippen LogP contribution in [0.2, 0.25) is 5.02 Å². The van der Waals surface area contributed by atoms with Gasteiger partial charge < -0.3 is 20.6 Å². The molecule has 2 heterocycles. The normalized spacial score (nSPS) is 19.6. The zero-order valence-corrected chi connectivity index (χ0v) is 18.3. The molecule has 1 amide bonds. The zero-order chi connectivity index (χ0) is 21.8. The van der Waals surface area contributed by atoms with Crippen LogP contribution in [0, 0.1) is 5.92 Å². The molecule has 3 N–H and O–H groups in total. The summed E-state index contributed by atoms with van der Waals surface area (Å²) >= 11 is 6.41. The predicted octanol–water partition coefficient (Wildman–Crippen LogP) is 3.45. The predicted molar refractivity (Wildman–Crippen MR) is 122 cm³/mol. The van der Waals surface area contributed by atoms with E-state index in [9.17, 15) is 9.59 Å². The van der Waals surface area contributed by atoms with Gasteiger partial charge in [0.25, 0.3) is 5.91 Å². The van der Waals surface area contributed by atoms with Crippen molar-refractivity contribution < 1.29 is 14.7 Å². The molecule has 1 aromatic heterocycles. The Labute approximate surface area is 187 Å². The molecule has 1 aliphatic carbocycles. The first-order chi connectivity index (χ1) is 15.0. The van der Waals surface area contributed by atoms with Crippen LogP contribution in [0.4, 0.5) is 5.82 Å². The summed E-state index contributed by atoms with van der Waals surface area (Å²) in [5, 5.41) is 16.2. The molecule has 1 unspecified atom stereocenters. The van der Waals surface area contributed by atoms with Gasteiger partial charge >= 0.3 is 5.97 Å². The van der Waals surface area contributed by atoms with Crippen molar-refractivity contribution in [3.05, 3.63) is 34.9 Å². The fourth-order valence-electron chi connectivity index (χ4n) is 4.66. The summed E-state index contributed by atoms with van der Waals surface area (Å²) in [5.41, 5.74) is 1.21. The van der Waals surface area contributed by atoms with Crippen molar-refractivity contribution in [2.75, 3.05) is 31.1 Å². The van der Waals surface area contributed by atoms with E-state index in [0.717, 1.165) is 29.7 Å². The maximum absolute atomic E-state index is 12.9. The Kier molecular flexibility index (Phi) is 6.92. The van der Waals surface area contributed by atoms with Crippen molar-refractivity contribution in [3.8, 4) is 0 Å². The first-order valence-electron chi connectivity index (χ1n) is 11.1. The SMILES string of the molecule is O=C(O)CNC1CCN(c2ccc3c(C(=O)NCC4CCCCC4)c(Cl)ccc3n2)C1. The van der Waals surface area contributed by atoms with Crippen molar-refractivity contribution >= 4 is 40.2 Å². The van der Waals surface area contributed by atoms with E-state index in [1.807, 2.05) is 18.2 Å². The summed E-state index contributed by atoms with van der Waals surface area (Å²) in [6.07, 6.45) is 6.99. The third-order valence-electron chi connectivity index (χ3n) is 6.36. The summed E-state index contributed by atoms with van der Waals surface area (Å²) < 4.78 is 0. The summed E-state index contributed by atoms with van der Waals surface area (Å²) in [6, 6.07) is 7.53. The van der Waals surface area contributed by atoms with Gasteiger partial charge in [0.05, 0.1) is 22.6 Å². The van der Waals surface area contributed by atoms with Crippen molar-refractivity contribution in [3.63, 3.8) is 0 Å². The average Bonchev–Trinajstić information content (AvgIpc) is 3.25. The number of hydrogen-bond donors (Lipinski definition) is 3. The van der Waals surface area contributed by atoms with Gasteiger partial charge in [0.2, 0.25) is 0 Å². The standard InChI is InChI=1S/C23H29ClN4O3/c24-18-7-8-19-17(22(18)23(31)26-12-15-4-2-1-3-5-15)6-9-20(27-19)28-11-10-16(14-28)25-13-21(29)30/h6-9,15-16,25H,1-5,10-14H2,(H,26,31)(H,29,30). The van der Waals surface area contributed by atoms with E-state index in [0.29, 0.717) is 29.6 Å². The number of carboxylic acid groups (broad SMARTS) is 1. The monoisotopic (exact) mass is 444 g/mol. The number of nitrogens with zero attached hydrogens (tertiary/aromatic N) is 2. The molecular weight excluding hydrogens is 416 g/mol. The summed E-state index contributed by atoms with van der Waals surface area (Å²) in [4.78, 5) is 30.6. The van der Waals surface area contributed by atoms with Gasteiger partial charge in [-0.1, -0.05) is 30.9 Å². The molecule has 166 valence electrons. The molecule has 4 rings (SSSR count). The van der Waals surface area contributed by atoms with Crippen molar-refractivity contribution in [2.45, 2.75) is 44.6 Å². The summed E-state index contributed by atoms with van der Waals surface area (Å²) in [5.74, 6) is 0.375. The molecule has 8 heteroatoms. The number of nitrogens with one attached hydrogen (secondary N) is 2. The Morgan fingerprint density at radius 2 is 1.94 bits per heavy atom. The number of carbonyl (C=O) groups excluding carboxylic acids is 1. The number of anilines is 1. The van der Waals surface area contributed by atoms with Crippen LogP contribution in [-0.4, -0.2) is 54.2 Å². The number of aromatic nitrogens is 1. The third kappa shape index (κ3) is 5.28. The quantitative estimate of drug-likeness (QED) is 0.605. The molecule has 2 aliphatic rings. The van der Waals surface area contributed by atoms with E-state index in [1.165, 1.54) is 32.1 Å². The number of carboxylic acids is 1. The maximum atomic E-state index is 12.9. The number of amides is 1. The van der Waals surface area contributed by atoms with Crippen LogP contribution in [0.5, 0.6) is 0 Å². The number of aliphatic carboxylic acids is 1. The summed E-state index contributed by atoms with van der Waals surface area (Å²) in [7, 11) is 0. The van der Waals surface area contributed by atoms with E-state index in [1.54, 1.807) is 6.07 Å². The Balaban J connectivity index is 1.47. The lowest BCUT2D eigenvalue weighted by atomic mass is 9.89. The fraction of sp³-hybridized carbons (Fsp3) is 0.522. The molecule has 31 heavy (non-hydrogen) atoms. The van der Waals surface area contributed by atoms with E-state index in [2.05, 4.69) is 15.5 Å². The highest BCUT2D eigenvalue weighted by atomic mass is 35.5. The van der Waals surface area contributed by atoms with E-state index >= 15 is 0 Å². The Morgan fingerprint density at radius 3 is 2.71 bits per heavy atom. The second-order valence-corrected chi connectivity index (χ2v) is 8.99. The lowest BCUT2D eigenvalue weighted by Gasteiger charge is -2.22. The minimum atomic E-state index is -0.853. The highest BCUT2D eigenvalue weighted by molar-refractivity contribution is 6.35. The van der Waals surface area contributed by atoms with Crippen LogP contribution in [0.15, 0.2) is 24.3 Å². The molecule has 1 saturated carbocycles. The van der Waals surface area contributed by atoms with Gasteiger partial charge in [0, 0.05) is 31.1 Å². The topological polar surface area (TPSA) is 94.6 Å². The number of hydrogen-bond acceptors (Lipinski definition) is 5. The van der Waals surface area contributed by atoms with Crippen LogP contribution in [0.1, 0.15) is 48.9 Å². The van der Waals surface area contributed by atoms with Crippen LogP contribution >= 0.6 is 11.6 Å². The van der Waals surface area contributed by atoms with E-state index in [4.69, 9.17) is 21.7 Å². The van der Waals surface area contributed by atoms with Gasteiger partial charge in [-0.2, -0.15) is 0 Å². The highest BCUT2D eigenvalue weighted by Crippen LogP contribution is 2.29. The first-order valence-corrected chi connectivity index (χ1v) is 11.5. The van der Waals surface area contributed by atoms with Gasteiger partial charge in [0.1, 0.15) is 5.82 Å². The molecule has 0 bridgehead atoms.